The standard InChI is InChI=1S/C18H20N4O/c1-13(2)7-8-21-18(23)15-9-17(12-20-11-15)22-16-5-3-14(10-19)4-6-16/h3-6,9,11-13,22H,7-8H2,1-2H3,(H,21,23). The molecule has 0 bridgehead atoms. The highest BCUT2D eigenvalue weighted by atomic mass is 16.1. The minimum atomic E-state index is -0.123. The highest BCUT2D eigenvalue weighted by Gasteiger charge is 2.07. The Balaban J connectivity index is 2.01. The van der Waals surface area contributed by atoms with Gasteiger partial charge in [0.2, 0.25) is 0 Å². The fourth-order valence-electron chi connectivity index (χ4n) is 2.00. The van der Waals surface area contributed by atoms with Crippen LogP contribution >= 0.6 is 0 Å². The van der Waals surface area contributed by atoms with Crippen molar-refractivity contribution in [3.8, 4) is 6.07 Å². The maximum Gasteiger partial charge on any atom is 0.252 e. The molecule has 5 nitrogen and oxygen atoms in total. The van der Waals surface area contributed by atoms with E-state index in [1.165, 1.54) is 0 Å². The molecule has 1 amide bonds. The number of pyridine rings is 1. The van der Waals surface area contributed by atoms with Crippen molar-refractivity contribution in [2.75, 3.05) is 11.9 Å². The van der Waals surface area contributed by atoms with Crippen LogP contribution in [0.4, 0.5) is 11.4 Å². The maximum absolute atomic E-state index is 12.1. The van der Waals surface area contributed by atoms with E-state index in [2.05, 4.69) is 35.5 Å². The molecule has 0 saturated heterocycles. The molecule has 2 rings (SSSR count). The van der Waals surface area contributed by atoms with Crippen LogP contribution in [0.15, 0.2) is 42.7 Å². The van der Waals surface area contributed by atoms with Crippen LogP contribution in [0.2, 0.25) is 0 Å². The Bertz CT molecular complexity index is 702. The molecule has 0 radical (unpaired) electrons. The molecule has 23 heavy (non-hydrogen) atoms. The molecule has 0 unspecified atom stereocenters. The second-order valence-corrected chi connectivity index (χ2v) is 5.71. The van der Waals surface area contributed by atoms with Gasteiger partial charge in [0, 0.05) is 18.4 Å². The zero-order chi connectivity index (χ0) is 16.7. The van der Waals surface area contributed by atoms with Gasteiger partial charge in [0.05, 0.1) is 29.1 Å². The van der Waals surface area contributed by atoms with Gasteiger partial charge in [-0.2, -0.15) is 5.26 Å². The van der Waals surface area contributed by atoms with Crippen molar-refractivity contribution in [2.45, 2.75) is 20.3 Å². The number of carbonyl (C=O) groups is 1. The molecule has 118 valence electrons. The van der Waals surface area contributed by atoms with Gasteiger partial charge in [0.1, 0.15) is 0 Å². The molecule has 0 fully saturated rings. The Hall–Kier alpha value is -2.87. The molecule has 1 aromatic carbocycles. The molecular weight excluding hydrogens is 288 g/mol. The van der Waals surface area contributed by atoms with Crippen LogP contribution in [0.5, 0.6) is 0 Å². The van der Waals surface area contributed by atoms with E-state index >= 15 is 0 Å². The lowest BCUT2D eigenvalue weighted by Crippen LogP contribution is -2.25. The molecule has 1 heterocycles. The highest BCUT2D eigenvalue weighted by molar-refractivity contribution is 5.94. The van der Waals surface area contributed by atoms with Crippen molar-refractivity contribution < 1.29 is 4.79 Å². The van der Waals surface area contributed by atoms with Crippen LogP contribution < -0.4 is 10.6 Å². The number of nitrogens with one attached hydrogen (secondary N) is 2. The first-order valence-electron chi connectivity index (χ1n) is 7.59. The average molecular weight is 308 g/mol. The molecule has 2 N–H and O–H groups in total. The number of nitrogens with zero attached hydrogens (tertiary/aromatic N) is 2. The molecule has 0 spiro atoms. The summed E-state index contributed by atoms with van der Waals surface area (Å²) in [6, 6.07) is 10.9. The normalized spacial score (nSPS) is 10.2. The Morgan fingerprint density at radius 3 is 2.61 bits per heavy atom. The van der Waals surface area contributed by atoms with Gasteiger partial charge in [-0.05, 0) is 42.7 Å². The van der Waals surface area contributed by atoms with Crippen molar-refractivity contribution in [3.05, 3.63) is 53.9 Å². The van der Waals surface area contributed by atoms with Crippen molar-refractivity contribution in [3.63, 3.8) is 0 Å². The lowest BCUT2D eigenvalue weighted by atomic mass is 10.1. The number of carbonyl (C=O) groups excluding carboxylic acids is 1. The third-order valence-electron chi connectivity index (χ3n) is 3.31. The Kier molecular flexibility index (Phi) is 5.70. The average Bonchev–Trinajstić information content (AvgIpc) is 2.55. The van der Waals surface area contributed by atoms with Gasteiger partial charge < -0.3 is 10.6 Å². The quantitative estimate of drug-likeness (QED) is 0.856. The summed E-state index contributed by atoms with van der Waals surface area (Å²) >= 11 is 0. The molecule has 0 saturated carbocycles. The van der Waals surface area contributed by atoms with E-state index in [0.717, 1.165) is 17.8 Å². The van der Waals surface area contributed by atoms with E-state index in [1.807, 2.05) is 12.1 Å². The molecule has 0 aliphatic heterocycles. The smallest absolute Gasteiger partial charge is 0.252 e. The Morgan fingerprint density at radius 2 is 1.96 bits per heavy atom. The summed E-state index contributed by atoms with van der Waals surface area (Å²) in [5.74, 6) is 0.430. The summed E-state index contributed by atoms with van der Waals surface area (Å²) in [7, 11) is 0. The predicted molar refractivity (Wildman–Crippen MR) is 90.5 cm³/mol. The summed E-state index contributed by atoms with van der Waals surface area (Å²) in [4.78, 5) is 16.2. The van der Waals surface area contributed by atoms with Gasteiger partial charge >= 0.3 is 0 Å². The SMILES string of the molecule is CC(C)CCNC(=O)c1cncc(Nc2ccc(C#N)cc2)c1. The lowest BCUT2D eigenvalue weighted by molar-refractivity contribution is 0.0951. The first-order valence-corrected chi connectivity index (χ1v) is 7.59. The van der Waals surface area contributed by atoms with E-state index in [0.29, 0.717) is 23.6 Å². The van der Waals surface area contributed by atoms with Crippen LogP contribution in [-0.4, -0.2) is 17.4 Å². The van der Waals surface area contributed by atoms with Gasteiger partial charge in [-0.1, -0.05) is 13.8 Å². The zero-order valence-corrected chi connectivity index (χ0v) is 13.3. The highest BCUT2D eigenvalue weighted by Crippen LogP contribution is 2.17. The molecule has 2 aromatic rings. The topological polar surface area (TPSA) is 77.8 Å². The number of benzene rings is 1. The van der Waals surface area contributed by atoms with E-state index < -0.39 is 0 Å². The number of hydrogen-bond acceptors (Lipinski definition) is 4. The monoisotopic (exact) mass is 308 g/mol. The predicted octanol–water partition coefficient (Wildman–Crippen LogP) is 3.47. The number of hydrogen-bond donors (Lipinski definition) is 2. The molecule has 1 aromatic heterocycles. The van der Waals surface area contributed by atoms with E-state index in [-0.39, 0.29) is 5.91 Å². The van der Waals surface area contributed by atoms with Crippen LogP contribution in [0.1, 0.15) is 36.2 Å². The fourth-order valence-corrected chi connectivity index (χ4v) is 2.00. The number of amides is 1. The zero-order valence-electron chi connectivity index (χ0n) is 13.3. The third-order valence-corrected chi connectivity index (χ3v) is 3.31. The number of nitriles is 1. The Morgan fingerprint density at radius 1 is 1.22 bits per heavy atom. The minimum absolute atomic E-state index is 0.123. The summed E-state index contributed by atoms with van der Waals surface area (Å²) in [5.41, 5.74) is 2.69. The summed E-state index contributed by atoms with van der Waals surface area (Å²) in [5, 5.41) is 14.9. The first kappa shape index (κ1) is 16.5. The van der Waals surface area contributed by atoms with Crippen LogP contribution in [0, 0.1) is 17.2 Å². The summed E-state index contributed by atoms with van der Waals surface area (Å²) in [6.45, 7) is 4.90. The Labute approximate surface area is 136 Å². The molecule has 0 aliphatic rings. The molecule has 0 aliphatic carbocycles. The number of rotatable bonds is 6. The van der Waals surface area contributed by atoms with Gasteiger partial charge in [-0.25, -0.2) is 0 Å². The summed E-state index contributed by atoms with van der Waals surface area (Å²) < 4.78 is 0. The van der Waals surface area contributed by atoms with Crippen molar-refractivity contribution >= 4 is 17.3 Å². The fraction of sp³-hybridized carbons (Fsp3) is 0.278. The van der Waals surface area contributed by atoms with Gasteiger partial charge in [0.15, 0.2) is 0 Å². The maximum atomic E-state index is 12.1. The molecule has 5 heteroatoms. The van der Waals surface area contributed by atoms with E-state index in [4.69, 9.17) is 5.26 Å². The van der Waals surface area contributed by atoms with Gasteiger partial charge in [-0.3, -0.25) is 9.78 Å². The summed E-state index contributed by atoms with van der Waals surface area (Å²) in [6.07, 6.45) is 4.15. The molecule has 0 atom stereocenters. The van der Waals surface area contributed by atoms with Gasteiger partial charge in [0.25, 0.3) is 5.91 Å². The first-order chi connectivity index (χ1) is 11.1. The third kappa shape index (κ3) is 5.11. The second kappa shape index (κ2) is 7.95. The lowest BCUT2D eigenvalue weighted by Gasteiger charge is -2.09. The number of anilines is 2. The van der Waals surface area contributed by atoms with E-state index in [1.54, 1.807) is 30.6 Å². The second-order valence-electron chi connectivity index (χ2n) is 5.71. The van der Waals surface area contributed by atoms with Crippen LogP contribution in [-0.2, 0) is 0 Å². The van der Waals surface area contributed by atoms with Crippen molar-refractivity contribution in [1.29, 1.82) is 5.26 Å². The van der Waals surface area contributed by atoms with Crippen LogP contribution in [0.25, 0.3) is 0 Å². The number of aromatic nitrogens is 1. The minimum Gasteiger partial charge on any atom is -0.354 e. The van der Waals surface area contributed by atoms with Crippen LogP contribution in [0.3, 0.4) is 0 Å². The molecular formula is C18H20N4O. The van der Waals surface area contributed by atoms with Crippen molar-refractivity contribution in [1.82, 2.24) is 10.3 Å². The van der Waals surface area contributed by atoms with Crippen molar-refractivity contribution in [2.24, 2.45) is 5.92 Å². The van der Waals surface area contributed by atoms with E-state index in [9.17, 15) is 4.79 Å². The largest absolute Gasteiger partial charge is 0.354 e. The van der Waals surface area contributed by atoms with Gasteiger partial charge in [-0.15, -0.1) is 0 Å².